The Morgan fingerprint density at radius 3 is 2.58 bits per heavy atom. The first kappa shape index (κ1) is 17.2. The standard InChI is InChI=1S/C18H26N6O2/c1-13-15(14(2)26-20-13)12-22-8-10-23(11-9-22)16-4-7-24(18(16)25)17-5-6-21(3)19-17/h5-6,16H,4,7-12H2,1-3H3. The number of aromatic nitrogens is 3. The first-order valence-electron chi connectivity index (χ1n) is 9.22. The molecule has 26 heavy (non-hydrogen) atoms. The summed E-state index contributed by atoms with van der Waals surface area (Å²) in [5, 5.41) is 8.41. The van der Waals surface area contributed by atoms with E-state index in [1.807, 2.05) is 38.1 Å². The average Bonchev–Trinajstić information content (AvgIpc) is 3.31. The quantitative estimate of drug-likeness (QED) is 0.810. The van der Waals surface area contributed by atoms with E-state index in [4.69, 9.17) is 4.52 Å². The SMILES string of the molecule is Cc1noc(C)c1CN1CCN(C2CCN(c3ccn(C)n3)C2=O)CC1. The number of anilines is 1. The minimum atomic E-state index is -0.0155. The molecule has 0 saturated carbocycles. The van der Waals surface area contributed by atoms with Crippen LogP contribution < -0.4 is 4.90 Å². The van der Waals surface area contributed by atoms with E-state index < -0.39 is 0 Å². The summed E-state index contributed by atoms with van der Waals surface area (Å²) in [4.78, 5) is 19.4. The van der Waals surface area contributed by atoms with Gasteiger partial charge in [0.25, 0.3) is 0 Å². The minimum absolute atomic E-state index is 0.0155. The van der Waals surface area contributed by atoms with Crippen molar-refractivity contribution in [2.45, 2.75) is 32.9 Å². The Morgan fingerprint density at radius 1 is 1.19 bits per heavy atom. The second-order valence-corrected chi connectivity index (χ2v) is 7.26. The second-order valence-electron chi connectivity index (χ2n) is 7.26. The molecule has 0 radical (unpaired) electrons. The van der Waals surface area contributed by atoms with Crippen molar-refractivity contribution in [1.29, 1.82) is 0 Å². The van der Waals surface area contributed by atoms with Crippen molar-refractivity contribution in [1.82, 2.24) is 24.7 Å². The Morgan fingerprint density at radius 2 is 1.96 bits per heavy atom. The zero-order valence-corrected chi connectivity index (χ0v) is 15.7. The van der Waals surface area contributed by atoms with Gasteiger partial charge in [0.1, 0.15) is 5.76 Å². The first-order valence-corrected chi connectivity index (χ1v) is 9.22. The van der Waals surface area contributed by atoms with Gasteiger partial charge in [0.05, 0.1) is 11.7 Å². The second kappa shape index (κ2) is 6.85. The Bertz CT molecular complexity index is 770. The molecule has 0 aliphatic carbocycles. The molecule has 2 aliphatic rings. The van der Waals surface area contributed by atoms with E-state index in [0.717, 1.165) is 63.0 Å². The van der Waals surface area contributed by atoms with Crippen LogP contribution in [-0.4, -0.2) is 69.4 Å². The third-order valence-electron chi connectivity index (χ3n) is 5.56. The summed E-state index contributed by atoms with van der Waals surface area (Å²) in [6.45, 7) is 9.31. The van der Waals surface area contributed by atoms with Crippen LogP contribution in [0.15, 0.2) is 16.8 Å². The van der Waals surface area contributed by atoms with Crippen LogP contribution >= 0.6 is 0 Å². The summed E-state index contributed by atoms with van der Waals surface area (Å²) in [5.74, 6) is 1.85. The van der Waals surface area contributed by atoms with E-state index in [1.54, 1.807) is 4.68 Å². The van der Waals surface area contributed by atoms with Crippen LogP contribution in [0.1, 0.15) is 23.4 Å². The highest BCUT2D eigenvalue weighted by Crippen LogP contribution is 2.24. The van der Waals surface area contributed by atoms with E-state index in [0.29, 0.717) is 0 Å². The third kappa shape index (κ3) is 3.14. The normalized spacial score (nSPS) is 22.5. The van der Waals surface area contributed by atoms with Crippen LogP contribution in [0.5, 0.6) is 0 Å². The number of nitrogens with zero attached hydrogens (tertiary/aromatic N) is 6. The largest absolute Gasteiger partial charge is 0.361 e. The summed E-state index contributed by atoms with van der Waals surface area (Å²) in [7, 11) is 1.87. The lowest BCUT2D eigenvalue weighted by Gasteiger charge is -2.37. The van der Waals surface area contributed by atoms with Crippen LogP contribution in [0, 0.1) is 13.8 Å². The Hall–Kier alpha value is -2.19. The van der Waals surface area contributed by atoms with Crippen molar-refractivity contribution in [3.63, 3.8) is 0 Å². The fourth-order valence-corrected chi connectivity index (χ4v) is 3.96. The predicted octanol–water partition coefficient (Wildman–Crippen LogP) is 0.948. The molecule has 4 heterocycles. The summed E-state index contributed by atoms with van der Waals surface area (Å²) in [6, 6.07) is 1.89. The number of carbonyl (C=O) groups excluding carboxylic acids is 1. The number of aryl methyl sites for hydroxylation is 3. The summed E-state index contributed by atoms with van der Waals surface area (Å²) < 4.78 is 7.00. The van der Waals surface area contributed by atoms with E-state index in [-0.39, 0.29) is 11.9 Å². The molecule has 1 atom stereocenters. The summed E-state index contributed by atoms with van der Waals surface area (Å²) in [6.07, 6.45) is 2.75. The highest BCUT2D eigenvalue weighted by molar-refractivity contribution is 5.98. The molecule has 8 heteroatoms. The Balaban J connectivity index is 1.34. The fourth-order valence-electron chi connectivity index (χ4n) is 3.96. The van der Waals surface area contributed by atoms with Crippen LogP contribution in [0.25, 0.3) is 0 Å². The Labute approximate surface area is 153 Å². The van der Waals surface area contributed by atoms with Crippen molar-refractivity contribution < 1.29 is 9.32 Å². The number of piperazine rings is 1. The van der Waals surface area contributed by atoms with Crippen molar-refractivity contribution >= 4 is 11.7 Å². The molecule has 2 aliphatic heterocycles. The molecule has 8 nitrogen and oxygen atoms in total. The third-order valence-corrected chi connectivity index (χ3v) is 5.56. The molecule has 0 aromatic carbocycles. The first-order chi connectivity index (χ1) is 12.5. The number of carbonyl (C=O) groups is 1. The van der Waals surface area contributed by atoms with Gasteiger partial charge in [0.2, 0.25) is 5.91 Å². The lowest BCUT2D eigenvalue weighted by Crippen LogP contribution is -2.52. The molecule has 0 bridgehead atoms. The molecular weight excluding hydrogens is 332 g/mol. The van der Waals surface area contributed by atoms with E-state index >= 15 is 0 Å². The smallest absolute Gasteiger partial charge is 0.245 e. The molecule has 0 spiro atoms. The summed E-state index contributed by atoms with van der Waals surface area (Å²) >= 11 is 0. The molecule has 0 N–H and O–H groups in total. The molecule has 2 aromatic rings. The van der Waals surface area contributed by atoms with Gasteiger partial charge in [0, 0.05) is 64.1 Å². The number of hydrogen-bond acceptors (Lipinski definition) is 6. The molecule has 2 saturated heterocycles. The van der Waals surface area contributed by atoms with Gasteiger partial charge < -0.3 is 4.52 Å². The van der Waals surface area contributed by atoms with Crippen molar-refractivity contribution in [3.05, 3.63) is 29.3 Å². The molecule has 1 unspecified atom stereocenters. The van der Waals surface area contributed by atoms with Crippen molar-refractivity contribution in [2.75, 3.05) is 37.6 Å². The van der Waals surface area contributed by atoms with E-state index in [1.165, 1.54) is 5.56 Å². The van der Waals surface area contributed by atoms with Crippen molar-refractivity contribution in [2.24, 2.45) is 7.05 Å². The van der Waals surface area contributed by atoms with Gasteiger partial charge in [-0.05, 0) is 20.3 Å². The molecule has 2 fully saturated rings. The predicted molar refractivity (Wildman–Crippen MR) is 96.8 cm³/mol. The summed E-state index contributed by atoms with van der Waals surface area (Å²) in [5.41, 5.74) is 2.17. The molecule has 1 amide bonds. The highest BCUT2D eigenvalue weighted by Gasteiger charge is 2.38. The van der Waals surface area contributed by atoms with Crippen LogP contribution in [0.4, 0.5) is 5.82 Å². The Kier molecular flexibility index (Phi) is 4.54. The number of rotatable bonds is 4. The monoisotopic (exact) mass is 358 g/mol. The highest BCUT2D eigenvalue weighted by atomic mass is 16.5. The van der Waals surface area contributed by atoms with Gasteiger partial charge in [-0.15, -0.1) is 0 Å². The molecular formula is C18H26N6O2. The number of amides is 1. The van der Waals surface area contributed by atoms with Gasteiger partial charge in [-0.3, -0.25) is 24.2 Å². The van der Waals surface area contributed by atoms with Crippen LogP contribution in [-0.2, 0) is 18.4 Å². The fraction of sp³-hybridized carbons (Fsp3) is 0.611. The van der Waals surface area contributed by atoms with Gasteiger partial charge >= 0.3 is 0 Å². The molecule has 140 valence electrons. The van der Waals surface area contributed by atoms with Gasteiger partial charge in [0.15, 0.2) is 5.82 Å². The number of hydrogen-bond donors (Lipinski definition) is 0. The zero-order chi connectivity index (χ0) is 18.3. The zero-order valence-electron chi connectivity index (χ0n) is 15.7. The minimum Gasteiger partial charge on any atom is -0.361 e. The lowest BCUT2D eigenvalue weighted by atomic mass is 10.1. The average molecular weight is 358 g/mol. The van der Waals surface area contributed by atoms with Gasteiger partial charge in [-0.2, -0.15) is 5.10 Å². The lowest BCUT2D eigenvalue weighted by molar-refractivity contribution is -0.122. The maximum absolute atomic E-state index is 12.8. The van der Waals surface area contributed by atoms with Crippen LogP contribution in [0.3, 0.4) is 0 Å². The molecule has 4 rings (SSSR count). The van der Waals surface area contributed by atoms with Crippen LogP contribution in [0.2, 0.25) is 0 Å². The van der Waals surface area contributed by atoms with E-state index in [9.17, 15) is 4.79 Å². The molecule has 2 aromatic heterocycles. The van der Waals surface area contributed by atoms with Gasteiger partial charge in [-0.25, -0.2) is 0 Å². The maximum atomic E-state index is 12.8. The van der Waals surface area contributed by atoms with Crippen molar-refractivity contribution in [3.8, 4) is 0 Å². The maximum Gasteiger partial charge on any atom is 0.245 e. The van der Waals surface area contributed by atoms with Gasteiger partial charge in [-0.1, -0.05) is 5.16 Å². The topological polar surface area (TPSA) is 70.6 Å². The van der Waals surface area contributed by atoms with E-state index in [2.05, 4.69) is 20.1 Å².